The first-order valence-corrected chi connectivity index (χ1v) is 8.22. The maximum absolute atomic E-state index is 12.9. The van der Waals surface area contributed by atoms with Crippen LogP contribution in [-0.4, -0.2) is 33.1 Å². The van der Waals surface area contributed by atoms with E-state index in [-0.39, 0.29) is 29.8 Å². The van der Waals surface area contributed by atoms with Gasteiger partial charge in [-0.2, -0.15) is 0 Å². The summed E-state index contributed by atoms with van der Waals surface area (Å²) in [4.78, 5) is 31.1. The van der Waals surface area contributed by atoms with Crippen LogP contribution in [0.5, 0.6) is 0 Å². The number of carbonyl (C=O) groups is 2. The van der Waals surface area contributed by atoms with Crippen LogP contribution < -0.4 is 4.90 Å². The lowest BCUT2D eigenvalue weighted by molar-refractivity contribution is -0.126. The van der Waals surface area contributed by atoms with Crippen molar-refractivity contribution < 1.29 is 14.3 Å². The van der Waals surface area contributed by atoms with E-state index in [1.54, 1.807) is 12.5 Å². The van der Waals surface area contributed by atoms with Crippen LogP contribution in [0, 0.1) is 11.8 Å². The summed E-state index contributed by atoms with van der Waals surface area (Å²) in [7, 11) is 0. The van der Waals surface area contributed by atoms with E-state index in [4.69, 9.17) is 4.74 Å². The molecule has 1 aromatic carbocycles. The number of nitrogens with zero attached hydrogens (tertiary/aromatic N) is 3. The predicted octanol–water partition coefficient (Wildman–Crippen LogP) is 1.93. The molecule has 3 aliphatic heterocycles. The molecule has 5 rings (SSSR count). The SMILES string of the molecule is CC12CCC(O1)[C@H]1C(=O)N(c3ccc(-n4ccnc4)cc3)C(=O)C12. The summed E-state index contributed by atoms with van der Waals surface area (Å²) in [5.41, 5.74) is 1.09. The quantitative estimate of drug-likeness (QED) is 0.792. The number of imidazole rings is 1. The minimum absolute atomic E-state index is 0.105. The summed E-state index contributed by atoms with van der Waals surface area (Å²) in [5, 5.41) is 0. The fourth-order valence-corrected chi connectivity index (χ4v) is 4.52. The van der Waals surface area contributed by atoms with Crippen molar-refractivity contribution in [3.63, 3.8) is 0 Å². The van der Waals surface area contributed by atoms with Gasteiger partial charge in [0, 0.05) is 18.1 Å². The second kappa shape index (κ2) is 4.54. The van der Waals surface area contributed by atoms with Crippen molar-refractivity contribution >= 4 is 17.5 Å². The van der Waals surface area contributed by atoms with E-state index >= 15 is 0 Å². The van der Waals surface area contributed by atoms with Crippen LogP contribution in [-0.2, 0) is 14.3 Å². The number of carbonyl (C=O) groups excluding carboxylic acids is 2. The topological polar surface area (TPSA) is 64.4 Å². The molecular formula is C18H17N3O3. The molecule has 3 saturated heterocycles. The smallest absolute Gasteiger partial charge is 0.240 e. The Morgan fingerprint density at radius 1 is 1.17 bits per heavy atom. The number of hydrogen-bond donors (Lipinski definition) is 0. The van der Waals surface area contributed by atoms with Crippen molar-refractivity contribution in [3.05, 3.63) is 43.0 Å². The molecule has 0 spiro atoms. The van der Waals surface area contributed by atoms with Gasteiger partial charge in [0.25, 0.3) is 0 Å². The van der Waals surface area contributed by atoms with E-state index in [9.17, 15) is 9.59 Å². The van der Waals surface area contributed by atoms with Gasteiger partial charge in [-0.3, -0.25) is 9.59 Å². The van der Waals surface area contributed by atoms with E-state index in [0.29, 0.717) is 5.69 Å². The zero-order chi connectivity index (χ0) is 16.5. The number of aromatic nitrogens is 2. The van der Waals surface area contributed by atoms with Crippen LogP contribution in [0.4, 0.5) is 5.69 Å². The lowest BCUT2D eigenvalue weighted by Crippen LogP contribution is -2.39. The zero-order valence-electron chi connectivity index (χ0n) is 13.3. The molecule has 2 amide bonds. The van der Waals surface area contributed by atoms with Crippen molar-refractivity contribution in [2.24, 2.45) is 11.8 Å². The highest BCUT2D eigenvalue weighted by Gasteiger charge is 2.67. The molecule has 6 nitrogen and oxygen atoms in total. The Balaban J connectivity index is 1.49. The van der Waals surface area contributed by atoms with E-state index < -0.39 is 5.60 Å². The third-order valence-electron chi connectivity index (χ3n) is 5.67. The minimum Gasteiger partial charge on any atom is -0.370 e. The number of rotatable bonds is 2. The van der Waals surface area contributed by atoms with Gasteiger partial charge in [0.05, 0.1) is 35.6 Å². The second-order valence-corrected chi connectivity index (χ2v) is 7.01. The monoisotopic (exact) mass is 323 g/mol. The van der Waals surface area contributed by atoms with Gasteiger partial charge >= 0.3 is 0 Å². The zero-order valence-corrected chi connectivity index (χ0v) is 13.3. The summed E-state index contributed by atoms with van der Waals surface area (Å²) in [5.74, 6) is -0.888. The molecule has 1 aromatic heterocycles. The van der Waals surface area contributed by atoms with Gasteiger partial charge < -0.3 is 9.30 Å². The maximum atomic E-state index is 12.9. The Morgan fingerprint density at radius 3 is 2.58 bits per heavy atom. The molecule has 2 bridgehead atoms. The third kappa shape index (κ3) is 1.66. The van der Waals surface area contributed by atoms with Crippen molar-refractivity contribution in [2.75, 3.05) is 4.90 Å². The molecule has 3 fully saturated rings. The minimum atomic E-state index is -0.479. The van der Waals surface area contributed by atoms with Crippen molar-refractivity contribution in [1.82, 2.24) is 9.55 Å². The normalized spacial score (nSPS) is 34.2. The van der Waals surface area contributed by atoms with Crippen LogP contribution in [0.2, 0.25) is 0 Å². The van der Waals surface area contributed by atoms with Gasteiger partial charge in [0.15, 0.2) is 0 Å². The number of benzene rings is 1. The number of hydrogen-bond acceptors (Lipinski definition) is 4. The highest BCUT2D eigenvalue weighted by molar-refractivity contribution is 6.23. The first-order chi connectivity index (χ1) is 11.6. The van der Waals surface area contributed by atoms with E-state index in [2.05, 4.69) is 4.98 Å². The first kappa shape index (κ1) is 13.9. The fourth-order valence-electron chi connectivity index (χ4n) is 4.52. The maximum Gasteiger partial charge on any atom is 0.240 e. The van der Waals surface area contributed by atoms with Gasteiger partial charge in [-0.1, -0.05) is 0 Å². The number of fused-ring (bicyclic) bond motifs is 5. The summed E-state index contributed by atoms with van der Waals surface area (Å²) in [6.45, 7) is 1.97. The van der Waals surface area contributed by atoms with Gasteiger partial charge in [-0.15, -0.1) is 0 Å². The second-order valence-electron chi connectivity index (χ2n) is 7.01. The van der Waals surface area contributed by atoms with Crippen LogP contribution in [0.3, 0.4) is 0 Å². The van der Waals surface area contributed by atoms with Crippen LogP contribution >= 0.6 is 0 Å². The molecule has 6 heteroatoms. The summed E-state index contributed by atoms with van der Waals surface area (Å²) >= 11 is 0. The Morgan fingerprint density at radius 2 is 1.92 bits per heavy atom. The summed E-state index contributed by atoms with van der Waals surface area (Å²) in [6.07, 6.45) is 6.88. The molecule has 4 atom stereocenters. The lowest BCUT2D eigenvalue weighted by atomic mass is 9.74. The van der Waals surface area contributed by atoms with Crippen LogP contribution in [0.15, 0.2) is 43.0 Å². The molecule has 122 valence electrons. The highest BCUT2D eigenvalue weighted by atomic mass is 16.5. The fraction of sp³-hybridized carbons (Fsp3) is 0.389. The largest absolute Gasteiger partial charge is 0.370 e. The number of ether oxygens (including phenoxy) is 1. The van der Waals surface area contributed by atoms with Gasteiger partial charge in [0.1, 0.15) is 0 Å². The average molecular weight is 323 g/mol. The van der Waals surface area contributed by atoms with E-state index in [1.165, 1.54) is 4.90 Å². The highest BCUT2D eigenvalue weighted by Crippen LogP contribution is 2.55. The molecule has 3 aliphatic rings. The molecule has 3 unspecified atom stereocenters. The first-order valence-electron chi connectivity index (χ1n) is 8.22. The van der Waals surface area contributed by atoms with Gasteiger partial charge in [-0.05, 0) is 44.0 Å². The summed E-state index contributed by atoms with van der Waals surface area (Å²) < 4.78 is 7.82. The molecule has 0 N–H and O–H groups in total. The van der Waals surface area contributed by atoms with Crippen molar-refractivity contribution in [1.29, 1.82) is 0 Å². The number of amides is 2. The molecule has 0 aliphatic carbocycles. The third-order valence-corrected chi connectivity index (χ3v) is 5.67. The predicted molar refractivity (Wildman–Crippen MR) is 85.5 cm³/mol. The summed E-state index contributed by atoms with van der Waals surface area (Å²) in [6, 6.07) is 7.41. The van der Waals surface area contributed by atoms with Gasteiger partial charge in [0.2, 0.25) is 11.8 Å². The molecule has 0 saturated carbocycles. The Hall–Kier alpha value is -2.47. The van der Waals surface area contributed by atoms with Crippen molar-refractivity contribution in [3.8, 4) is 5.69 Å². The molecule has 4 heterocycles. The molecule has 24 heavy (non-hydrogen) atoms. The molecule has 0 radical (unpaired) electrons. The Kier molecular flexibility index (Phi) is 2.63. The van der Waals surface area contributed by atoms with Gasteiger partial charge in [-0.25, -0.2) is 9.88 Å². The number of imide groups is 1. The lowest BCUT2D eigenvalue weighted by Gasteiger charge is -2.26. The van der Waals surface area contributed by atoms with E-state index in [0.717, 1.165) is 18.5 Å². The Labute approximate surface area is 139 Å². The van der Waals surface area contributed by atoms with Crippen LogP contribution in [0.25, 0.3) is 5.69 Å². The van der Waals surface area contributed by atoms with Crippen LogP contribution in [0.1, 0.15) is 19.8 Å². The van der Waals surface area contributed by atoms with Crippen molar-refractivity contribution in [2.45, 2.75) is 31.5 Å². The molecular weight excluding hydrogens is 306 g/mol. The van der Waals surface area contributed by atoms with E-state index in [1.807, 2.05) is 42.0 Å². The Bertz CT molecular complexity index is 830. The number of anilines is 1. The average Bonchev–Trinajstić information content (AvgIpc) is 3.31. The standard InChI is InChI=1S/C18H17N3O3/c1-18-7-6-13(24-18)14-15(18)17(23)21(16(14)22)12-4-2-11(3-5-12)20-9-8-19-10-20/h2-5,8-10,13-15H,6-7H2,1H3/t13?,14-,15?,18?/m1/s1. The molecule has 2 aromatic rings.